The summed E-state index contributed by atoms with van der Waals surface area (Å²) >= 11 is 0. The second kappa shape index (κ2) is 6.13. The van der Waals surface area contributed by atoms with Gasteiger partial charge in [0.2, 0.25) is 0 Å². The highest BCUT2D eigenvalue weighted by Crippen LogP contribution is 2.37. The molecule has 0 amide bonds. The number of nitrogens with zero attached hydrogens (tertiary/aromatic N) is 4. The first kappa shape index (κ1) is 16.4. The number of piperazine rings is 1. The third-order valence-corrected chi connectivity index (χ3v) is 5.24. The molecule has 138 valence electrons. The summed E-state index contributed by atoms with van der Waals surface area (Å²) in [6, 6.07) is 6.09. The molecule has 0 aliphatic carbocycles. The monoisotopic (exact) mass is 367 g/mol. The van der Waals surface area contributed by atoms with Crippen molar-refractivity contribution in [2.75, 3.05) is 31.1 Å². The van der Waals surface area contributed by atoms with Gasteiger partial charge in [0.25, 0.3) is 0 Å². The van der Waals surface area contributed by atoms with Gasteiger partial charge in [0.05, 0.1) is 11.2 Å². The molecule has 0 bridgehead atoms. The number of anilines is 1. The van der Waals surface area contributed by atoms with E-state index in [1.807, 2.05) is 22.6 Å². The Labute approximate surface area is 155 Å². The molecule has 0 unspecified atom stereocenters. The fourth-order valence-electron chi connectivity index (χ4n) is 3.89. The van der Waals surface area contributed by atoms with Crippen LogP contribution < -0.4 is 10.2 Å². The molecule has 1 N–H and O–H groups in total. The lowest BCUT2D eigenvalue weighted by Gasteiger charge is -2.29. The van der Waals surface area contributed by atoms with E-state index in [1.165, 1.54) is 18.2 Å². The minimum Gasteiger partial charge on any atom is -0.352 e. The summed E-state index contributed by atoms with van der Waals surface area (Å²) in [5.41, 5.74) is 2.82. The summed E-state index contributed by atoms with van der Waals surface area (Å²) in [5.74, 6) is -0.297. The molecule has 1 aromatic carbocycles. The van der Waals surface area contributed by atoms with E-state index in [0.29, 0.717) is 34.6 Å². The predicted octanol–water partition coefficient (Wildman–Crippen LogP) is 3.40. The molecule has 0 radical (unpaired) electrons. The predicted molar refractivity (Wildman–Crippen MR) is 102 cm³/mol. The zero-order chi connectivity index (χ0) is 18.5. The summed E-state index contributed by atoms with van der Waals surface area (Å²) in [5, 5.41) is 4.79. The summed E-state index contributed by atoms with van der Waals surface area (Å²) in [4.78, 5) is 11.2. The first-order valence-electron chi connectivity index (χ1n) is 9.19. The maximum Gasteiger partial charge on any atom is 0.167 e. The van der Waals surface area contributed by atoms with Crippen LogP contribution in [0.15, 0.2) is 30.5 Å². The van der Waals surface area contributed by atoms with Crippen molar-refractivity contribution in [2.24, 2.45) is 0 Å². The van der Waals surface area contributed by atoms with Crippen molar-refractivity contribution in [1.29, 1.82) is 0 Å². The fourth-order valence-corrected chi connectivity index (χ4v) is 3.89. The van der Waals surface area contributed by atoms with E-state index in [1.54, 1.807) is 6.07 Å². The van der Waals surface area contributed by atoms with E-state index in [4.69, 9.17) is 0 Å². The average Bonchev–Trinajstić information content (AvgIpc) is 3.05. The van der Waals surface area contributed by atoms with E-state index in [0.717, 1.165) is 37.1 Å². The number of pyridine rings is 2. The summed E-state index contributed by atoms with van der Waals surface area (Å²) in [6.07, 6.45) is 1.98. The first-order chi connectivity index (χ1) is 13.2. The zero-order valence-corrected chi connectivity index (χ0v) is 15.0. The Bertz CT molecular complexity index is 1130. The van der Waals surface area contributed by atoms with Crippen LogP contribution in [-0.4, -0.2) is 40.7 Å². The van der Waals surface area contributed by atoms with Crippen molar-refractivity contribution in [3.63, 3.8) is 0 Å². The molecule has 4 heterocycles. The van der Waals surface area contributed by atoms with Crippen molar-refractivity contribution in [2.45, 2.75) is 13.5 Å². The molecular weight excluding hydrogens is 348 g/mol. The van der Waals surface area contributed by atoms with Crippen molar-refractivity contribution >= 4 is 27.8 Å². The number of hydrogen-bond acceptors (Lipinski definition) is 4. The first-order valence-corrected chi connectivity index (χ1v) is 9.19. The number of nitrogens with one attached hydrogen (secondary N) is 1. The highest BCUT2D eigenvalue weighted by Gasteiger charge is 2.23. The average molecular weight is 367 g/mol. The van der Waals surface area contributed by atoms with Crippen LogP contribution in [0.3, 0.4) is 0 Å². The van der Waals surface area contributed by atoms with Gasteiger partial charge in [-0.15, -0.1) is 0 Å². The maximum atomic E-state index is 15.0. The minimum atomic E-state index is -0.349. The van der Waals surface area contributed by atoms with Crippen LogP contribution in [0.2, 0.25) is 0 Å². The minimum absolute atomic E-state index is 0.330. The quantitative estimate of drug-likeness (QED) is 0.590. The third kappa shape index (κ3) is 2.53. The molecule has 1 fully saturated rings. The molecule has 5 rings (SSSR count). The van der Waals surface area contributed by atoms with E-state index < -0.39 is 0 Å². The van der Waals surface area contributed by atoms with Gasteiger partial charge in [-0.05, 0) is 25.1 Å². The molecule has 3 aliphatic rings. The molecule has 7 heteroatoms. The van der Waals surface area contributed by atoms with E-state index in [-0.39, 0.29) is 11.6 Å². The lowest BCUT2D eigenvalue weighted by Crippen LogP contribution is -2.44. The number of hydrogen-bond donors (Lipinski definition) is 1. The normalized spacial score (nSPS) is 15.3. The zero-order valence-electron chi connectivity index (χ0n) is 15.0. The molecule has 0 saturated carbocycles. The van der Waals surface area contributed by atoms with Gasteiger partial charge in [0, 0.05) is 61.3 Å². The van der Waals surface area contributed by atoms with Crippen LogP contribution in [-0.2, 0) is 6.54 Å². The van der Waals surface area contributed by atoms with Gasteiger partial charge < -0.3 is 14.8 Å². The Morgan fingerprint density at radius 1 is 1.07 bits per heavy atom. The second-order valence-electron chi connectivity index (χ2n) is 6.85. The third-order valence-electron chi connectivity index (χ3n) is 5.24. The van der Waals surface area contributed by atoms with E-state index >= 15 is 0 Å². The second-order valence-corrected chi connectivity index (χ2v) is 6.85. The molecule has 5 nitrogen and oxygen atoms in total. The van der Waals surface area contributed by atoms with Crippen LogP contribution in [0.1, 0.15) is 6.92 Å². The van der Waals surface area contributed by atoms with Crippen LogP contribution >= 0.6 is 0 Å². The Morgan fingerprint density at radius 3 is 2.67 bits per heavy atom. The van der Waals surface area contributed by atoms with Gasteiger partial charge in [-0.25, -0.2) is 18.7 Å². The number of benzene rings is 1. The Morgan fingerprint density at radius 2 is 1.89 bits per heavy atom. The number of rotatable bonds is 2. The highest BCUT2D eigenvalue weighted by molar-refractivity contribution is 6.05. The van der Waals surface area contributed by atoms with Gasteiger partial charge >= 0.3 is 0 Å². The molecule has 1 saturated heterocycles. The summed E-state index contributed by atoms with van der Waals surface area (Å²) in [6.45, 7) is 5.79. The topological polar surface area (TPSA) is 46.0 Å². The standard InChI is InChI=1S/C20H19F2N5/c1-2-26-11-15-13-4-3-12(21)9-17(13)24-18(15)14-10-16(22)20(25-19(14)26)27-7-5-23-6-8-27/h3-4,9-11,23H,2,5-8H2,1H3. The summed E-state index contributed by atoms with van der Waals surface area (Å²) in [7, 11) is 0. The molecule has 0 atom stereocenters. The van der Waals surface area contributed by atoms with Gasteiger partial charge in [0.15, 0.2) is 11.6 Å². The van der Waals surface area contributed by atoms with E-state index in [9.17, 15) is 8.78 Å². The molecule has 27 heavy (non-hydrogen) atoms. The lowest BCUT2D eigenvalue weighted by molar-refractivity contribution is 0.559. The molecule has 0 spiro atoms. The lowest BCUT2D eigenvalue weighted by atomic mass is 10.1. The van der Waals surface area contributed by atoms with Crippen LogP contribution in [0.4, 0.5) is 14.6 Å². The van der Waals surface area contributed by atoms with Crippen LogP contribution in [0, 0.1) is 11.6 Å². The molecule has 3 aliphatic heterocycles. The number of halogens is 2. The van der Waals surface area contributed by atoms with Crippen molar-refractivity contribution < 1.29 is 8.78 Å². The highest BCUT2D eigenvalue weighted by atomic mass is 19.1. The molecule has 2 aromatic rings. The van der Waals surface area contributed by atoms with Crippen molar-refractivity contribution in [1.82, 2.24) is 19.9 Å². The van der Waals surface area contributed by atoms with Gasteiger partial charge in [0.1, 0.15) is 11.5 Å². The van der Waals surface area contributed by atoms with Gasteiger partial charge in [-0.1, -0.05) is 0 Å². The van der Waals surface area contributed by atoms with Crippen molar-refractivity contribution in [3.05, 3.63) is 42.1 Å². The van der Waals surface area contributed by atoms with Crippen LogP contribution in [0.25, 0.3) is 33.2 Å². The number of aromatic nitrogens is 3. The van der Waals surface area contributed by atoms with Crippen molar-refractivity contribution in [3.8, 4) is 11.3 Å². The van der Waals surface area contributed by atoms with Crippen LogP contribution in [0.5, 0.6) is 0 Å². The molecular formula is C20H19F2N5. The number of fused-ring (bicyclic) bond motifs is 5. The fraction of sp³-hybridized carbons (Fsp3) is 0.300. The van der Waals surface area contributed by atoms with Gasteiger partial charge in [-0.2, -0.15) is 0 Å². The Balaban J connectivity index is 1.80. The maximum absolute atomic E-state index is 15.0. The Hall–Kier alpha value is -2.80. The SMILES string of the molecule is CCn1cc2c3ccc(F)cc3nc-2c2cc(F)c(N3CCNCC3)nc21. The molecule has 1 aromatic heterocycles. The van der Waals surface area contributed by atoms with Gasteiger partial charge in [-0.3, -0.25) is 0 Å². The summed E-state index contributed by atoms with van der Waals surface area (Å²) < 4.78 is 30.6. The largest absolute Gasteiger partial charge is 0.352 e. The Kier molecular flexibility index (Phi) is 3.72. The van der Waals surface area contributed by atoms with E-state index in [2.05, 4.69) is 15.3 Å². The smallest absolute Gasteiger partial charge is 0.167 e. The number of aryl methyl sites for hydroxylation is 1.